The van der Waals surface area contributed by atoms with E-state index < -0.39 is 38.9 Å². The molecule has 14 nitrogen and oxygen atoms in total. The number of anilines is 4. The van der Waals surface area contributed by atoms with E-state index >= 15 is 4.39 Å². The second-order valence-electron chi connectivity index (χ2n) is 14.0. The Morgan fingerprint density at radius 2 is 1.74 bits per heavy atom. The first-order valence-electron chi connectivity index (χ1n) is 16.7. The van der Waals surface area contributed by atoms with Crippen molar-refractivity contribution < 1.29 is 31.9 Å². The van der Waals surface area contributed by atoms with E-state index in [0.29, 0.717) is 49.4 Å². The molecule has 50 heavy (non-hydrogen) atoms. The number of hydrogen-bond acceptors (Lipinski definition) is 11. The summed E-state index contributed by atoms with van der Waals surface area (Å²) in [5.41, 5.74) is -0.327. The van der Waals surface area contributed by atoms with Crippen molar-refractivity contribution in [3.63, 3.8) is 0 Å². The van der Waals surface area contributed by atoms with Crippen LogP contribution in [-0.4, -0.2) is 93.7 Å². The Kier molecular flexibility index (Phi) is 8.60. The minimum absolute atomic E-state index is 0.0420. The smallest absolute Gasteiger partial charge is 0.327 e. The summed E-state index contributed by atoms with van der Waals surface area (Å²) in [5, 5.41) is 5.39. The van der Waals surface area contributed by atoms with E-state index in [1.165, 1.54) is 29.5 Å². The molecular weight excluding hydrogens is 667 g/mol. The van der Waals surface area contributed by atoms with Crippen molar-refractivity contribution >= 4 is 51.0 Å². The lowest BCUT2D eigenvalue weighted by Gasteiger charge is -2.66. The maximum atomic E-state index is 15.3. The van der Waals surface area contributed by atoms with Crippen LogP contribution >= 0.6 is 0 Å². The molecular formula is C34H39FN8O6S. The molecule has 2 bridgehead atoms. The van der Waals surface area contributed by atoms with Gasteiger partial charge in [0, 0.05) is 62.1 Å². The zero-order valence-electron chi connectivity index (χ0n) is 28.0. The molecule has 4 heterocycles. The number of sulfone groups is 1. The fourth-order valence-electron chi connectivity index (χ4n) is 7.25. The van der Waals surface area contributed by atoms with Gasteiger partial charge in [-0.3, -0.25) is 14.5 Å². The SMILES string of the molecule is CC(C)N1CC(C(=O)Nc2ccc(Oc3ccnc(Nc4ccnc(N5CCC(S(C)(=O)=O)CC5)n4)c3)c(F)c2)C(=O)N(C23CC(C2)C3)C1=O. The van der Waals surface area contributed by atoms with E-state index in [9.17, 15) is 22.8 Å². The Morgan fingerprint density at radius 3 is 2.38 bits per heavy atom. The lowest BCUT2D eigenvalue weighted by atomic mass is 9.49. The van der Waals surface area contributed by atoms with Crippen LogP contribution in [0, 0.1) is 17.7 Å². The zero-order valence-corrected chi connectivity index (χ0v) is 28.8. The number of pyridine rings is 1. The van der Waals surface area contributed by atoms with Gasteiger partial charge in [0.1, 0.15) is 33.1 Å². The standard InChI is InChI=1S/C34H39FN8O6S/c1-20(2)42-19-25(31(45)43(33(42)46)34-16-21(17-34)18-34)30(44)38-22-4-5-27(26(35)14-22)49-23-6-10-36-29(15-23)39-28-7-11-37-32(40-28)41-12-8-24(9-13-41)50(3,47)48/h4-7,10-11,14-15,20-21,24-25H,8-9,12-13,16-19H2,1-3H3,(H,38,44)(H,36,37,39,40). The molecule has 1 atom stereocenters. The quantitative estimate of drug-likeness (QED) is 0.288. The molecule has 3 aromatic rings. The van der Waals surface area contributed by atoms with Crippen molar-refractivity contribution in [1.29, 1.82) is 0 Å². The summed E-state index contributed by atoms with van der Waals surface area (Å²) >= 11 is 0. The number of rotatable bonds is 10. The van der Waals surface area contributed by atoms with Crippen LogP contribution in [0.1, 0.15) is 46.0 Å². The first-order chi connectivity index (χ1) is 23.8. The van der Waals surface area contributed by atoms with E-state index in [0.717, 1.165) is 25.3 Å². The van der Waals surface area contributed by atoms with E-state index in [-0.39, 0.29) is 41.1 Å². The summed E-state index contributed by atoms with van der Waals surface area (Å²) < 4.78 is 44.9. The van der Waals surface area contributed by atoms with Crippen LogP contribution in [-0.2, 0) is 19.4 Å². The molecule has 3 saturated carbocycles. The number of nitrogens with zero attached hydrogens (tertiary/aromatic N) is 6. The van der Waals surface area contributed by atoms with Crippen molar-refractivity contribution in [2.24, 2.45) is 11.8 Å². The fraction of sp³-hybridized carbons (Fsp3) is 0.471. The lowest BCUT2D eigenvalue weighted by Crippen LogP contribution is -2.76. The van der Waals surface area contributed by atoms with Gasteiger partial charge < -0.3 is 25.2 Å². The molecule has 5 aliphatic rings. The van der Waals surface area contributed by atoms with Crippen LogP contribution in [0.5, 0.6) is 11.5 Å². The largest absolute Gasteiger partial charge is 0.454 e. The number of aromatic nitrogens is 3. The number of amides is 4. The highest BCUT2D eigenvalue weighted by atomic mass is 32.2. The number of imide groups is 1. The average Bonchev–Trinajstić information content (AvgIpc) is 3.02. The molecule has 1 unspecified atom stereocenters. The number of urea groups is 1. The van der Waals surface area contributed by atoms with Crippen LogP contribution in [0.4, 0.5) is 32.5 Å². The van der Waals surface area contributed by atoms with Gasteiger partial charge in [-0.25, -0.2) is 27.6 Å². The highest BCUT2D eigenvalue weighted by molar-refractivity contribution is 7.91. The van der Waals surface area contributed by atoms with Gasteiger partial charge >= 0.3 is 6.03 Å². The molecule has 2 aromatic heterocycles. The van der Waals surface area contributed by atoms with Crippen molar-refractivity contribution in [3.8, 4) is 11.5 Å². The second-order valence-corrected chi connectivity index (χ2v) is 16.3. The van der Waals surface area contributed by atoms with E-state index in [2.05, 4.69) is 25.6 Å². The minimum Gasteiger partial charge on any atom is -0.454 e. The van der Waals surface area contributed by atoms with Gasteiger partial charge in [-0.05, 0) is 76.1 Å². The molecule has 2 aliphatic heterocycles. The lowest BCUT2D eigenvalue weighted by molar-refractivity contribution is -0.172. The summed E-state index contributed by atoms with van der Waals surface area (Å²) in [6.07, 6.45) is 7.70. The number of halogens is 1. The maximum Gasteiger partial charge on any atom is 0.327 e. The minimum atomic E-state index is -3.10. The molecule has 5 fully saturated rings. The van der Waals surface area contributed by atoms with Gasteiger partial charge in [0.05, 0.1) is 10.8 Å². The Balaban J connectivity index is 0.986. The van der Waals surface area contributed by atoms with E-state index in [1.54, 1.807) is 29.3 Å². The van der Waals surface area contributed by atoms with Crippen molar-refractivity contribution in [1.82, 2.24) is 24.8 Å². The van der Waals surface area contributed by atoms with Crippen LogP contribution in [0.25, 0.3) is 0 Å². The number of hydrogen-bond donors (Lipinski definition) is 2. The van der Waals surface area contributed by atoms with Crippen molar-refractivity contribution in [2.75, 3.05) is 41.4 Å². The van der Waals surface area contributed by atoms with Gasteiger partial charge in [0.15, 0.2) is 11.6 Å². The summed E-state index contributed by atoms with van der Waals surface area (Å²) in [5.74, 6) is -0.915. The van der Waals surface area contributed by atoms with Crippen LogP contribution in [0.3, 0.4) is 0 Å². The van der Waals surface area contributed by atoms with Gasteiger partial charge in [0.2, 0.25) is 17.8 Å². The molecule has 2 saturated heterocycles. The third-order valence-corrected chi connectivity index (χ3v) is 11.8. The molecule has 3 aliphatic carbocycles. The number of carbonyl (C=O) groups excluding carboxylic acids is 3. The molecule has 4 amide bonds. The van der Waals surface area contributed by atoms with Crippen LogP contribution < -0.4 is 20.3 Å². The number of carbonyl (C=O) groups is 3. The van der Waals surface area contributed by atoms with Crippen LogP contribution in [0.2, 0.25) is 0 Å². The summed E-state index contributed by atoms with van der Waals surface area (Å²) in [6.45, 7) is 4.70. The summed E-state index contributed by atoms with van der Waals surface area (Å²) in [4.78, 5) is 58.1. The normalized spacial score (nSPS) is 23.7. The Hall–Kier alpha value is -4.86. The van der Waals surface area contributed by atoms with Gasteiger partial charge in [-0.15, -0.1) is 0 Å². The first kappa shape index (κ1) is 33.6. The molecule has 2 N–H and O–H groups in total. The zero-order chi connectivity index (χ0) is 35.4. The van der Waals surface area contributed by atoms with Gasteiger partial charge in [-0.1, -0.05) is 0 Å². The Bertz CT molecular complexity index is 1940. The maximum absolute atomic E-state index is 15.3. The summed E-state index contributed by atoms with van der Waals surface area (Å²) in [6, 6.07) is 8.23. The van der Waals surface area contributed by atoms with Gasteiger partial charge in [-0.2, -0.15) is 4.98 Å². The van der Waals surface area contributed by atoms with Crippen LogP contribution in [0.15, 0.2) is 48.8 Å². The van der Waals surface area contributed by atoms with Gasteiger partial charge in [0.25, 0.3) is 0 Å². The van der Waals surface area contributed by atoms with E-state index in [1.807, 2.05) is 18.7 Å². The Labute approximate surface area is 289 Å². The summed E-state index contributed by atoms with van der Waals surface area (Å²) in [7, 11) is -3.10. The molecule has 264 valence electrons. The monoisotopic (exact) mass is 706 g/mol. The molecule has 0 radical (unpaired) electrons. The topological polar surface area (TPSA) is 167 Å². The third-order valence-electron chi connectivity index (χ3n) is 10.1. The van der Waals surface area contributed by atoms with Crippen molar-refractivity contribution in [2.45, 2.75) is 62.8 Å². The first-order valence-corrected chi connectivity index (χ1v) is 18.7. The predicted molar refractivity (Wildman–Crippen MR) is 182 cm³/mol. The molecule has 16 heteroatoms. The van der Waals surface area contributed by atoms with Crippen molar-refractivity contribution in [3.05, 3.63) is 54.6 Å². The van der Waals surface area contributed by atoms with E-state index in [4.69, 9.17) is 4.74 Å². The highest BCUT2D eigenvalue weighted by Gasteiger charge is 2.65. The number of piperidine rings is 1. The molecule has 0 spiro atoms. The highest BCUT2D eigenvalue weighted by Crippen LogP contribution is 2.61. The number of benzene rings is 1. The average molecular weight is 707 g/mol. The number of ether oxygens (including phenoxy) is 1. The third kappa shape index (κ3) is 6.43. The fourth-order valence-corrected chi connectivity index (χ4v) is 8.31. The second kappa shape index (κ2) is 12.8. The molecule has 1 aromatic carbocycles. The molecule has 8 rings (SSSR count). The Morgan fingerprint density at radius 1 is 1.02 bits per heavy atom. The predicted octanol–water partition coefficient (Wildman–Crippen LogP) is 4.34. The number of nitrogens with one attached hydrogen (secondary N) is 2.